The summed E-state index contributed by atoms with van der Waals surface area (Å²) in [7, 11) is 0. The Balaban J connectivity index is 1.63. The van der Waals surface area contributed by atoms with Gasteiger partial charge in [-0.05, 0) is 24.3 Å². The first-order valence-electron chi connectivity index (χ1n) is 8.94. The van der Waals surface area contributed by atoms with E-state index in [1.165, 1.54) is 22.8 Å². The first-order chi connectivity index (χ1) is 11.2. The van der Waals surface area contributed by atoms with Gasteiger partial charge in [0.25, 0.3) is 0 Å². The highest BCUT2D eigenvalue weighted by Crippen LogP contribution is 2.21. The first-order valence-corrected chi connectivity index (χ1v) is 8.94. The monoisotopic (exact) mass is 330 g/mol. The normalized spacial score (nSPS) is 12.8. The second-order valence-corrected chi connectivity index (χ2v) is 8.65. The number of H-pyrrole nitrogens is 2. The van der Waals surface area contributed by atoms with E-state index in [-0.39, 0.29) is 10.8 Å². The predicted molar refractivity (Wildman–Crippen MR) is 102 cm³/mol. The van der Waals surface area contributed by atoms with Gasteiger partial charge in [-0.15, -0.1) is 0 Å². The average Bonchev–Trinajstić information content (AvgIpc) is 3.10. The molecule has 0 atom stereocenters. The zero-order valence-corrected chi connectivity index (χ0v) is 16.1. The van der Waals surface area contributed by atoms with Crippen molar-refractivity contribution in [3.63, 3.8) is 0 Å². The van der Waals surface area contributed by atoms with Crippen LogP contribution >= 0.6 is 0 Å². The van der Waals surface area contributed by atoms with Crippen molar-refractivity contribution in [2.45, 2.75) is 65.5 Å². The van der Waals surface area contributed by atoms with Crippen molar-refractivity contribution in [2.75, 3.05) is 13.1 Å². The van der Waals surface area contributed by atoms with Crippen LogP contribution in [0.4, 0.5) is 0 Å². The van der Waals surface area contributed by atoms with Crippen molar-refractivity contribution in [2.24, 2.45) is 0 Å². The number of hydrogen-bond donors (Lipinski definition) is 4. The summed E-state index contributed by atoms with van der Waals surface area (Å²) < 4.78 is 0. The van der Waals surface area contributed by atoms with Gasteiger partial charge in [0.2, 0.25) is 0 Å². The van der Waals surface area contributed by atoms with Crippen LogP contribution in [0.15, 0.2) is 24.3 Å². The fourth-order valence-electron chi connectivity index (χ4n) is 2.58. The van der Waals surface area contributed by atoms with E-state index in [1.807, 2.05) is 0 Å². The summed E-state index contributed by atoms with van der Waals surface area (Å²) in [6.45, 7) is 17.0. The van der Waals surface area contributed by atoms with Crippen LogP contribution < -0.4 is 10.6 Å². The highest BCUT2D eigenvalue weighted by atomic mass is 15.0. The van der Waals surface area contributed by atoms with E-state index in [2.05, 4.69) is 86.4 Å². The van der Waals surface area contributed by atoms with Crippen LogP contribution in [0.3, 0.4) is 0 Å². The first kappa shape index (κ1) is 18.8. The third-order valence-corrected chi connectivity index (χ3v) is 4.22. The zero-order chi connectivity index (χ0) is 17.8. The molecule has 24 heavy (non-hydrogen) atoms. The highest BCUT2D eigenvalue weighted by molar-refractivity contribution is 5.20. The summed E-state index contributed by atoms with van der Waals surface area (Å²) in [5.74, 6) is 0. The maximum absolute atomic E-state index is 3.50. The smallest absolute Gasteiger partial charge is 0.0357 e. The van der Waals surface area contributed by atoms with Crippen molar-refractivity contribution in [3.8, 4) is 0 Å². The van der Waals surface area contributed by atoms with Crippen LogP contribution in [0.5, 0.6) is 0 Å². The van der Waals surface area contributed by atoms with Crippen molar-refractivity contribution in [1.82, 2.24) is 20.6 Å². The molecule has 2 aromatic heterocycles. The molecule has 2 aromatic rings. The Morgan fingerprint density at radius 1 is 0.667 bits per heavy atom. The van der Waals surface area contributed by atoms with Crippen LogP contribution in [0, 0.1) is 0 Å². The molecular weight excluding hydrogens is 296 g/mol. The van der Waals surface area contributed by atoms with Gasteiger partial charge in [0.1, 0.15) is 0 Å². The number of rotatable bonds is 7. The van der Waals surface area contributed by atoms with Crippen LogP contribution in [0.2, 0.25) is 0 Å². The van der Waals surface area contributed by atoms with E-state index >= 15 is 0 Å². The number of hydrogen-bond acceptors (Lipinski definition) is 2. The van der Waals surface area contributed by atoms with E-state index in [1.54, 1.807) is 0 Å². The molecule has 134 valence electrons. The molecule has 0 fully saturated rings. The SMILES string of the molecule is CC(C)(C)c1ccc(CNCCNCc2ccc(C(C)(C)C)[nH]2)[nH]1. The summed E-state index contributed by atoms with van der Waals surface area (Å²) in [6, 6.07) is 8.72. The van der Waals surface area contributed by atoms with Crippen LogP contribution in [-0.4, -0.2) is 23.1 Å². The van der Waals surface area contributed by atoms with Crippen molar-refractivity contribution < 1.29 is 0 Å². The lowest BCUT2D eigenvalue weighted by molar-refractivity contribution is 0.562. The van der Waals surface area contributed by atoms with Crippen molar-refractivity contribution >= 4 is 0 Å². The summed E-state index contributed by atoms with van der Waals surface area (Å²) in [6.07, 6.45) is 0. The fourth-order valence-corrected chi connectivity index (χ4v) is 2.58. The molecule has 2 heterocycles. The molecule has 0 bridgehead atoms. The second kappa shape index (κ2) is 7.58. The summed E-state index contributed by atoms with van der Waals surface area (Å²) in [5.41, 5.74) is 5.44. The van der Waals surface area contributed by atoms with E-state index in [9.17, 15) is 0 Å². The van der Waals surface area contributed by atoms with Crippen LogP contribution in [-0.2, 0) is 23.9 Å². The molecule has 0 aromatic carbocycles. The molecule has 0 amide bonds. The van der Waals surface area contributed by atoms with E-state index < -0.39 is 0 Å². The Hall–Kier alpha value is -1.52. The van der Waals surface area contributed by atoms with E-state index in [0.29, 0.717) is 0 Å². The van der Waals surface area contributed by atoms with Crippen molar-refractivity contribution in [1.29, 1.82) is 0 Å². The molecule has 2 rings (SSSR count). The highest BCUT2D eigenvalue weighted by Gasteiger charge is 2.16. The maximum atomic E-state index is 3.50. The molecule has 0 saturated heterocycles. The lowest BCUT2D eigenvalue weighted by Crippen LogP contribution is -2.27. The molecule has 0 unspecified atom stereocenters. The summed E-state index contributed by atoms with van der Waals surface area (Å²) in [4.78, 5) is 7.00. The van der Waals surface area contributed by atoms with Gasteiger partial charge < -0.3 is 20.6 Å². The molecule has 0 aliphatic carbocycles. The van der Waals surface area contributed by atoms with Crippen molar-refractivity contribution in [3.05, 3.63) is 47.0 Å². The van der Waals surface area contributed by atoms with Gasteiger partial charge in [0.05, 0.1) is 0 Å². The molecular formula is C20H34N4. The molecule has 4 heteroatoms. The lowest BCUT2D eigenvalue weighted by atomic mass is 9.93. The minimum atomic E-state index is 0.182. The molecule has 0 aliphatic rings. The quantitative estimate of drug-likeness (QED) is 0.583. The topological polar surface area (TPSA) is 55.6 Å². The number of nitrogens with one attached hydrogen (secondary N) is 4. The molecule has 4 N–H and O–H groups in total. The summed E-state index contributed by atoms with van der Waals surface area (Å²) in [5, 5.41) is 6.96. The minimum absolute atomic E-state index is 0.182. The molecule has 0 spiro atoms. The number of aromatic nitrogens is 2. The Bertz CT molecular complexity index is 566. The van der Waals surface area contributed by atoms with Gasteiger partial charge in [-0.2, -0.15) is 0 Å². The van der Waals surface area contributed by atoms with Gasteiger partial charge in [-0.1, -0.05) is 41.5 Å². The van der Waals surface area contributed by atoms with Crippen LogP contribution in [0.25, 0.3) is 0 Å². The molecule has 4 nitrogen and oxygen atoms in total. The van der Waals surface area contributed by atoms with Gasteiger partial charge >= 0.3 is 0 Å². The third kappa shape index (κ3) is 5.53. The second-order valence-electron chi connectivity index (χ2n) is 8.65. The van der Waals surface area contributed by atoms with E-state index in [4.69, 9.17) is 0 Å². The van der Waals surface area contributed by atoms with E-state index in [0.717, 1.165) is 26.2 Å². The Kier molecular flexibility index (Phi) is 5.94. The van der Waals surface area contributed by atoms with Gasteiger partial charge in [0, 0.05) is 59.8 Å². The molecule has 0 aliphatic heterocycles. The van der Waals surface area contributed by atoms with Gasteiger partial charge in [-0.3, -0.25) is 0 Å². The summed E-state index contributed by atoms with van der Waals surface area (Å²) >= 11 is 0. The van der Waals surface area contributed by atoms with Crippen LogP contribution in [0.1, 0.15) is 64.3 Å². The fraction of sp³-hybridized carbons (Fsp3) is 0.600. The largest absolute Gasteiger partial charge is 0.361 e. The number of aromatic amines is 2. The maximum Gasteiger partial charge on any atom is 0.0357 e. The average molecular weight is 331 g/mol. The Morgan fingerprint density at radius 2 is 1.04 bits per heavy atom. The third-order valence-electron chi connectivity index (χ3n) is 4.22. The molecule has 0 radical (unpaired) electrons. The Labute approximate surface area is 146 Å². The van der Waals surface area contributed by atoms with Gasteiger partial charge in [-0.25, -0.2) is 0 Å². The minimum Gasteiger partial charge on any atom is -0.361 e. The lowest BCUT2D eigenvalue weighted by Gasteiger charge is -2.16. The predicted octanol–water partition coefficient (Wildman–Crippen LogP) is 3.82. The van der Waals surface area contributed by atoms with Gasteiger partial charge in [0.15, 0.2) is 0 Å². The standard InChI is InChI=1S/C20H34N4/c1-19(2,3)17-9-7-15(23-17)13-21-11-12-22-14-16-8-10-18(24-16)20(4,5)6/h7-10,21-24H,11-14H2,1-6H3. The molecule has 0 saturated carbocycles. The Morgan fingerprint density at radius 3 is 1.33 bits per heavy atom. The zero-order valence-electron chi connectivity index (χ0n) is 16.1.